The Kier molecular flexibility index (Phi) is 5.09. The van der Waals surface area contributed by atoms with E-state index in [0.29, 0.717) is 17.9 Å². The molecular formula is C12H23N4O2S2+. The number of quaternary nitrogens is 1. The van der Waals surface area contributed by atoms with Gasteiger partial charge in [0, 0.05) is 13.5 Å². The molecule has 0 bridgehead atoms. The van der Waals surface area contributed by atoms with E-state index in [2.05, 4.69) is 24.3 Å². The molecule has 0 saturated carbocycles. The van der Waals surface area contributed by atoms with E-state index in [9.17, 15) is 8.42 Å². The summed E-state index contributed by atoms with van der Waals surface area (Å²) in [7, 11) is 3.41. The third-order valence-electron chi connectivity index (χ3n) is 3.56. The molecule has 114 valence electrons. The Morgan fingerprint density at radius 3 is 2.75 bits per heavy atom. The van der Waals surface area contributed by atoms with E-state index >= 15 is 0 Å². The molecule has 1 N–H and O–H groups in total. The number of hydrogen-bond donors (Lipinski definition) is 1. The molecule has 2 rings (SSSR count). The second-order valence-corrected chi connectivity index (χ2v) is 9.03. The zero-order valence-electron chi connectivity index (χ0n) is 12.3. The van der Waals surface area contributed by atoms with E-state index in [-0.39, 0.29) is 5.92 Å². The quantitative estimate of drug-likeness (QED) is 0.683. The van der Waals surface area contributed by atoms with Crippen LogP contribution in [-0.4, -0.2) is 61.1 Å². The van der Waals surface area contributed by atoms with Crippen LogP contribution in [0.2, 0.25) is 0 Å². The van der Waals surface area contributed by atoms with Crippen LogP contribution >= 0.6 is 11.8 Å². The topological polar surface area (TPSA) is 69.3 Å². The maximum Gasteiger partial charge on any atom is 0.191 e. The first-order valence-electron chi connectivity index (χ1n) is 6.88. The zero-order valence-corrected chi connectivity index (χ0v) is 13.9. The molecule has 0 radical (unpaired) electrons. The van der Waals surface area contributed by atoms with Gasteiger partial charge in [0.25, 0.3) is 0 Å². The molecule has 1 aliphatic rings. The van der Waals surface area contributed by atoms with Crippen molar-refractivity contribution in [3.8, 4) is 0 Å². The summed E-state index contributed by atoms with van der Waals surface area (Å²) in [6.45, 7) is 1.08. The predicted octanol–water partition coefficient (Wildman–Crippen LogP) is -0.971. The number of hydrogen-bond acceptors (Lipinski definition) is 5. The highest BCUT2D eigenvalue weighted by Crippen LogP contribution is 2.23. The van der Waals surface area contributed by atoms with Crippen molar-refractivity contribution in [3.05, 3.63) is 5.82 Å². The highest BCUT2D eigenvalue weighted by Gasteiger charge is 2.29. The summed E-state index contributed by atoms with van der Waals surface area (Å²) in [5.41, 5.74) is 0. The van der Waals surface area contributed by atoms with Crippen LogP contribution in [0, 0.1) is 5.92 Å². The largest absolute Gasteiger partial charge is 0.339 e. The smallest absolute Gasteiger partial charge is 0.191 e. The molecule has 0 aromatic carbocycles. The lowest BCUT2D eigenvalue weighted by Crippen LogP contribution is -3.06. The number of thioether (sulfide) groups is 1. The highest BCUT2D eigenvalue weighted by atomic mass is 32.2. The van der Waals surface area contributed by atoms with Gasteiger partial charge in [-0.2, -0.15) is 0 Å². The van der Waals surface area contributed by atoms with E-state index in [1.54, 1.807) is 11.8 Å². The van der Waals surface area contributed by atoms with E-state index in [1.807, 2.05) is 11.6 Å². The number of nitrogens with one attached hydrogen (secondary N) is 1. The number of aromatic nitrogens is 3. The molecule has 0 amide bonds. The van der Waals surface area contributed by atoms with Gasteiger partial charge in [-0.25, -0.2) is 8.42 Å². The van der Waals surface area contributed by atoms with Gasteiger partial charge in [0.2, 0.25) is 0 Å². The summed E-state index contributed by atoms with van der Waals surface area (Å²) in [5.74, 6) is 2.72. The third kappa shape index (κ3) is 4.20. The lowest BCUT2D eigenvalue weighted by atomic mass is 10.1. The normalized spacial score (nSPS) is 21.7. The van der Waals surface area contributed by atoms with Gasteiger partial charge in [-0.3, -0.25) is 0 Å². The number of rotatable bonds is 6. The fourth-order valence-corrected chi connectivity index (χ4v) is 5.24. The molecule has 1 atom stereocenters. The Labute approximate surface area is 124 Å². The monoisotopic (exact) mass is 319 g/mol. The molecule has 1 fully saturated rings. The Morgan fingerprint density at radius 2 is 2.15 bits per heavy atom. The molecule has 1 saturated heterocycles. The van der Waals surface area contributed by atoms with Gasteiger partial charge in [-0.1, -0.05) is 11.8 Å². The van der Waals surface area contributed by atoms with Crippen molar-refractivity contribution in [2.24, 2.45) is 13.0 Å². The molecule has 0 spiro atoms. The Balaban J connectivity index is 1.92. The lowest BCUT2D eigenvalue weighted by molar-refractivity contribution is -0.855. The first kappa shape index (κ1) is 15.8. The van der Waals surface area contributed by atoms with Gasteiger partial charge in [-0.05, 0) is 12.3 Å². The number of nitrogens with zero attached hydrogens (tertiary/aromatic N) is 3. The van der Waals surface area contributed by atoms with Crippen molar-refractivity contribution in [2.45, 2.75) is 18.0 Å². The molecule has 2 heterocycles. The molecule has 1 aromatic heterocycles. The van der Waals surface area contributed by atoms with Crippen LogP contribution in [-0.2, 0) is 23.3 Å². The van der Waals surface area contributed by atoms with Gasteiger partial charge < -0.3 is 9.47 Å². The van der Waals surface area contributed by atoms with Crippen LogP contribution in [0.5, 0.6) is 0 Å². The van der Waals surface area contributed by atoms with Crippen molar-refractivity contribution in [1.82, 2.24) is 14.8 Å². The van der Waals surface area contributed by atoms with Gasteiger partial charge in [0.1, 0.15) is 5.82 Å². The van der Waals surface area contributed by atoms with Crippen LogP contribution in [0.4, 0.5) is 0 Å². The standard InChI is InChI=1S/C12H22N4O2S2/c1-15(2)5-6-19-12-14-13-11(16(12)3)8-10-4-7-20(17,18)9-10/h10H,4-9H2,1-3H3/p+1/t10-/m1/s1. The average molecular weight is 319 g/mol. The summed E-state index contributed by atoms with van der Waals surface area (Å²) in [6, 6.07) is 0. The van der Waals surface area contributed by atoms with Crippen molar-refractivity contribution >= 4 is 21.6 Å². The Hall–Kier alpha value is -0.600. The molecular weight excluding hydrogens is 296 g/mol. The SMILES string of the molecule is Cn1c(C[C@H]2CCS(=O)(=O)C2)nnc1SCC[NH+](C)C. The van der Waals surface area contributed by atoms with E-state index in [4.69, 9.17) is 0 Å². The van der Waals surface area contributed by atoms with Gasteiger partial charge in [-0.15, -0.1) is 10.2 Å². The molecule has 6 nitrogen and oxygen atoms in total. The molecule has 0 aliphatic carbocycles. The van der Waals surface area contributed by atoms with Crippen LogP contribution in [0.25, 0.3) is 0 Å². The highest BCUT2D eigenvalue weighted by molar-refractivity contribution is 7.99. The van der Waals surface area contributed by atoms with E-state index in [1.165, 1.54) is 4.90 Å². The molecule has 0 unspecified atom stereocenters. The van der Waals surface area contributed by atoms with Crippen molar-refractivity contribution in [3.63, 3.8) is 0 Å². The molecule has 1 aromatic rings. The van der Waals surface area contributed by atoms with Gasteiger partial charge >= 0.3 is 0 Å². The average Bonchev–Trinajstić information content (AvgIpc) is 2.85. The first-order valence-corrected chi connectivity index (χ1v) is 9.68. The van der Waals surface area contributed by atoms with E-state index in [0.717, 1.165) is 29.7 Å². The minimum Gasteiger partial charge on any atom is -0.339 e. The fraction of sp³-hybridized carbons (Fsp3) is 0.833. The number of sulfone groups is 1. The van der Waals surface area contributed by atoms with Crippen LogP contribution in [0.3, 0.4) is 0 Å². The second kappa shape index (κ2) is 6.44. The van der Waals surface area contributed by atoms with Crippen molar-refractivity contribution < 1.29 is 13.3 Å². The molecule has 20 heavy (non-hydrogen) atoms. The van der Waals surface area contributed by atoms with Crippen LogP contribution in [0.15, 0.2) is 5.16 Å². The summed E-state index contributed by atoms with van der Waals surface area (Å²) in [5, 5.41) is 9.34. The maximum atomic E-state index is 11.5. The summed E-state index contributed by atoms with van der Waals surface area (Å²) in [6.07, 6.45) is 1.46. The summed E-state index contributed by atoms with van der Waals surface area (Å²) < 4.78 is 25.0. The molecule has 1 aliphatic heterocycles. The maximum absolute atomic E-state index is 11.5. The van der Waals surface area contributed by atoms with Gasteiger partial charge in [0.05, 0.1) is 37.9 Å². The second-order valence-electron chi connectivity index (χ2n) is 5.74. The first-order chi connectivity index (χ1) is 9.37. The Morgan fingerprint density at radius 1 is 1.40 bits per heavy atom. The minimum atomic E-state index is -2.81. The molecule has 8 heteroatoms. The Bertz CT molecular complexity index is 554. The predicted molar refractivity (Wildman–Crippen MR) is 79.9 cm³/mol. The van der Waals surface area contributed by atoms with Crippen LogP contribution in [0.1, 0.15) is 12.2 Å². The lowest BCUT2D eigenvalue weighted by Gasteiger charge is -2.08. The third-order valence-corrected chi connectivity index (χ3v) is 6.42. The van der Waals surface area contributed by atoms with Crippen molar-refractivity contribution in [2.75, 3.05) is 37.9 Å². The van der Waals surface area contributed by atoms with Crippen LogP contribution < -0.4 is 4.90 Å². The zero-order chi connectivity index (χ0) is 14.8. The van der Waals surface area contributed by atoms with E-state index < -0.39 is 9.84 Å². The minimum absolute atomic E-state index is 0.201. The fourth-order valence-electron chi connectivity index (χ4n) is 2.29. The summed E-state index contributed by atoms with van der Waals surface area (Å²) >= 11 is 1.70. The van der Waals surface area contributed by atoms with Gasteiger partial charge in [0.15, 0.2) is 15.0 Å². The van der Waals surface area contributed by atoms with Crippen molar-refractivity contribution in [1.29, 1.82) is 0 Å². The summed E-state index contributed by atoms with van der Waals surface area (Å²) in [4.78, 5) is 1.41.